The molecule has 0 aliphatic rings. The summed E-state index contributed by atoms with van der Waals surface area (Å²) in [5.41, 5.74) is 0.811. The number of halogens is 1. The Balaban J connectivity index is 2.22. The molecular formula is C11H12IN3OS. The van der Waals surface area contributed by atoms with Crippen molar-refractivity contribution in [2.24, 2.45) is 0 Å². The average molecular weight is 361 g/mol. The number of rotatable bonds is 3. The summed E-state index contributed by atoms with van der Waals surface area (Å²) in [6.07, 6.45) is 1.68. The van der Waals surface area contributed by atoms with Gasteiger partial charge >= 0.3 is 0 Å². The summed E-state index contributed by atoms with van der Waals surface area (Å²) < 4.78 is 2.28. The van der Waals surface area contributed by atoms with Gasteiger partial charge in [0.2, 0.25) is 0 Å². The Morgan fingerprint density at radius 2 is 2.29 bits per heavy atom. The van der Waals surface area contributed by atoms with Gasteiger partial charge in [-0.3, -0.25) is 4.79 Å². The summed E-state index contributed by atoms with van der Waals surface area (Å²) in [4.78, 5) is 16.1. The number of nitrogens with zero attached hydrogens (tertiary/aromatic N) is 3. The molecule has 0 spiro atoms. The van der Waals surface area contributed by atoms with Crippen molar-refractivity contribution in [1.82, 2.24) is 14.8 Å². The van der Waals surface area contributed by atoms with E-state index in [9.17, 15) is 4.79 Å². The topological polar surface area (TPSA) is 47.8 Å². The predicted octanol–water partition coefficient (Wildman–Crippen LogP) is 2.48. The van der Waals surface area contributed by atoms with Crippen molar-refractivity contribution in [1.29, 1.82) is 0 Å². The highest BCUT2D eigenvalue weighted by atomic mass is 127. The molecule has 0 aliphatic carbocycles. The van der Waals surface area contributed by atoms with Crippen molar-refractivity contribution in [3.8, 4) is 0 Å². The first-order valence-electron chi connectivity index (χ1n) is 5.23. The first-order chi connectivity index (χ1) is 8.06. The predicted molar refractivity (Wildman–Crippen MR) is 76.5 cm³/mol. The zero-order chi connectivity index (χ0) is 12.4. The van der Waals surface area contributed by atoms with E-state index in [1.54, 1.807) is 23.6 Å². The van der Waals surface area contributed by atoms with Gasteiger partial charge in [-0.25, -0.2) is 9.67 Å². The molecular weight excluding hydrogens is 349 g/mol. The maximum absolute atomic E-state index is 11.7. The maximum Gasteiger partial charge on any atom is 0.268 e. The second-order valence-electron chi connectivity index (χ2n) is 4.00. The molecule has 2 aromatic heterocycles. The van der Waals surface area contributed by atoms with Gasteiger partial charge in [0.05, 0.1) is 23.4 Å². The normalized spacial score (nSPS) is 11.1. The van der Waals surface area contributed by atoms with Crippen LogP contribution in [0.2, 0.25) is 0 Å². The van der Waals surface area contributed by atoms with E-state index in [1.165, 1.54) is 4.68 Å². The largest absolute Gasteiger partial charge is 0.268 e. The molecule has 0 saturated carbocycles. The molecule has 2 aromatic rings. The van der Waals surface area contributed by atoms with Crippen molar-refractivity contribution < 1.29 is 0 Å². The second-order valence-corrected chi connectivity index (χ2v) is 6.14. The fourth-order valence-electron chi connectivity index (χ4n) is 1.34. The molecule has 0 fully saturated rings. The molecule has 0 bridgehead atoms. The molecule has 0 N–H and O–H groups in total. The lowest BCUT2D eigenvalue weighted by atomic mass is 10.2. The van der Waals surface area contributed by atoms with Crippen LogP contribution in [0.4, 0.5) is 0 Å². The van der Waals surface area contributed by atoms with Crippen LogP contribution in [0.5, 0.6) is 0 Å². The Morgan fingerprint density at radius 1 is 1.53 bits per heavy atom. The zero-order valence-corrected chi connectivity index (χ0v) is 12.5. The van der Waals surface area contributed by atoms with Crippen molar-refractivity contribution in [2.45, 2.75) is 26.3 Å². The van der Waals surface area contributed by atoms with Crippen molar-refractivity contribution >= 4 is 33.9 Å². The fourth-order valence-corrected chi connectivity index (χ4v) is 2.56. The molecule has 0 aromatic carbocycles. The van der Waals surface area contributed by atoms with Gasteiger partial charge in [0.1, 0.15) is 0 Å². The minimum atomic E-state index is -0.0870. The van der Waals surface area contributed by atoms with E-state index in [1.807, 2.05) is 5.38 Å². The van der Waals surface area contributed by atoms with E-state index in [2.05, 4.69) is 46.5 Å². The lowest BCUT2D eigenvalue weighted by Gasteiger charge is -2.01. The summed E-state index contributed by atoms with van der Waals surface area (Å²) in [6.45, 7) is 4.66. The van der Waals surface area contributed by atoms with E-state index in [0.717, 1.165) is 14.3 Å². The Kier molecular flexibility index (Phi) is 3.93. The third kappa shape index (κ3) is 3.12. The molecule has 0 amide bonds. The third-order valence-corrected chi connectivity index (χ3v) is 4.00. The molecule has 4 nitrogen and oxygen atoms in total. The van der Waals surface area contributed by atoms with Crippen LogP contribution in [0.15, 0.2) is 22.4 Å². The Labute approximate surface area is 117 Å². The standard InChI is InChI=1S/C11H12IN3OS/c1-7(2)11-14-9(6-17-11)5-15-10(16)3-8(12)4-13-15/h3-4,6-7H,5H2,1-2H3. The van der Waals surface area contributed by atoms with Crippen LogP contribution in [0.25, 0.3) is 0 Å². The van der Waals surface area contributed by atoms with Crippen LogP contribution in [0.1, 0.15) is 30.5 Å². The van der Waals surface area contributed by atoms with E-state index in [4.69, 9.17) is 0 Å². The number of thiazole rings is 1. The van der Waals surface area contributed by atoms with Gasteiger partial charge in [-0.2, -0.15) is 5.10 Å². The van der Waals surface area contributed by atoms with Crippen molar-refractivity contribution in [3.63, 3.8) is 0 Å². The van der Waals surface area contributed by atoms with Gasteiger partial charge in [-0.1, -0.05) is 13.8 Å². The van der Waals surface area contributed by atoms with Crippen LogP contribution in [0, 0.1) is 3.57 Å². The summed E-state index contributed by atoms with van der Waals surface area (Å²) in [7, 11) is 0. The number of hydrogen-bond acceptors (Lipinski definition) is 4. The van der Waals surface area contributed by atoms with Crippen LogP contribution >= 0.6 is 33.9 Å². The van der Waals surface area contributed by atoms with Crippen molar-refractivity contribution in [3.05, 3.63) is 42.3 Å². The van der Waals surface area contributed by atoms with Gasteiger partial charge < -0.3 is 0 Å². The average Bonchev–Trinajstić information content (AvgIpc) is 2.71. The van der Waals surface area contributed by atoms with E-state index in [0.29, 0.717) is 12.5 Å². The molecule has 90 valence electrons. The third-order valence-electron chi connectivity index (χ3n) is 2.21. The lowest BCUT2D eigenvalue weighted by Crippen LogP contribution is -2.22. The van der Waals surface area contributed by atoms with Gasteiger partial charge in [0.15, 0.2) is 0 Å². The summed E-state index contributed by atoms with van der Waals surface area (Å²) in [6, 6.07) is 1.57. The molecule has 0 radical (unpaired) electrons. The smallest absolute Gasteiger partial charge is 0.268 e. The van der Waals surface area contributed by atoms with Crippen LogP contribution in [0.3, 0.4) is 0 Å². The molecule has 0 saturated heterocycles. The summed E-state index contributed by atoms with van der Waals surface area (Å²) >= 11 is 3.71. The Morgan fingerprint density at radius 3 is 2.88 bits per heavy atom. The van der Waals surface area contributed by atoms with Crippen LogP contribution in [-0.2, 0) is 6.54 Å². The number of hydrogen-bond donors (Lipinski definition) is 0. The van der Waals surface area contributed by atoms with E-state index < -0.39 is 0 Å². The molecule has 6 heteroatoms. The number of aromatic nitrogens is 3. The first kappa shape index (κ1) is 12.7. The molecule has 0 atom stereocenters. The quantitative estimate of drug-likeness (QED) is 0.790. The van der Waals surface area contributed by atoms with Gasteiger partial charge in [-0.15, -0.1) is 11.3 Å². The van der Waals surface area contributed by atoms with Gasteiger partial charge in [0, 0.05) is 20.9 Å². The molecule has 0 unspecified atom stereocenters. The van der Waals surface area contributed by atoms with Gasteiger partial charge in [0.25, 0.3) is 5.56 Å². The van der Waals surface area contributed by atoms with Crippen LogP contribution in [-0.4, -0.2) is 14.8 Å². The minimum absolute atomic E-state index is 0.0870. The summed E-state index contributed by atoms with van der Waals surface area (Å²) in [5.74, 6) is 0.426. The fraction of sp³-hybridized carbons (Fsp3) is 0.364. The lowest BCUT2D eigenvalue weighted by molar-refractivity contribution is 0.625. The SMILES string of the molecule is CC(C)c1nc(Cn2ncc(I)cc2=O)cs1. The minimum Gasteiger partial charge on any atom is -0.268 e. The maximum atomic E-state index is 11.7. The summed E-state index contributed by atoms with van der Waals surface area (Å²) in [5, 5.41) is 7.17. The monoisotopic (exact) mass is 361 g/mol. The highest BCUT2D eigenvalue weighted by molar-refractivity contribution is 14.1. The van der Waals surface area contributed by atoms with Gasteiger partial charge in [-0.05, 0) is 22.6 Å². The first-order valence-corrected chi connectivity index (χ1v) is 7.19. The zero-order valence-electron chi connectivity index (χ0n) is 9.55. The molecule has 17 heavy (non-hydrogen) atoms. The van der Waals surface area contributed by atoms with Crippen molar-refractivity contribution in [2.75, 3.05) is 0 Å². The molecule has 2 heterocycles. The van der Waals surface area contributed by atoms with E-state index >= 15 is 0 Å². The molecule has 0 aliphatic heterocycles. The second kappa shape index (κ2) is 5.26. The molecule has 2 rings (SSSR count). The Hall–Kier alpha value is -0.760. The van der Waals surface area contributed by atoms with Crippen LogP contribution < -0.4 is 5.56 Å². The Bertz CT molecular complexity index is 576. The highest BCUT2D eigenvalue weighted by Gasteiger charge is 2.07. The van der Waals surface area contributed by atoms with E-state index in [-0.39, 0.29) is 5.56 Å². The highest BCUT2D eigenvalue weighted by Crippen LogP contribution is 2.19.